The van der Waals surface area contributed by atoms with Crippen LogP contribution in [0.3, 0.4) is 0 Å². The molecule has 0 fully saturated rings. The summed E-state index contributed by atoms with van der Waals surface area (Å²) >= 11 is 0. The average Bonchev–Trinajstić information content (AvgIpc) is 3.35. The van der Waals surface area contributed by atoms with Gasteiger partial charge >= 0.3 is 12.1 Å². The highest BCUT2D eigenvalue weighted by Gasteiger charge is 2.28. The van der Waals surface area contributed by atoms with Crippen molar-refractivity contribution in [3.63, 3.8) is 0 Å². The monoisotopic (exact) mass is 619 g/mol. The maximum absolute atomic E-state index is 12.2. The third-order valence-electron chi connectivity index (χ3n) is 6.55. The molecule has 0 aromatic heterocycles. The van der Waals surface area contributed by atoms with E-state index in [9.17, 15) is 9.59 Å². The standard InChI is InChI=1S/C32H45NO11/c34-31(35)9-11-37-13-15-39-17-19-41-21-23-43-24-22-42-20-18-40-16-14-38-12-10-33-32(36)44-25-30-28-7-3-1-5-26(28)27-6-2-4-8-29(27)30/h1-8,30H,9-25H2,(H,33,36)(H,34,35). The Hall–Kier alpha value is -3.10. The van der Waals surface area contributed by atoms with Gasteiger partial charge in [0.05, 0.1) is 98.9 Å². The molecule has 12 heteroatoms. The molecule has 1 aliphatic rings. The summed E-state index contributed by atoms with van der Waals surface area (Å²) in [6.07, 6.45) is -0.464. The number of carbonyl (C=O) groups excluding carboxylic acids is 1. The first-order valence-corrected chi connectivity index (χ1v) is 15.0. The Morgan fingerprint density at radius 2 is 0.955 bits per heavy atom. The van der Waals surface area contributed by atoms with Crippen LogP contribution in [0.2, 0.25) is 0 Å². The summed E-state index contributed by atoms with van der Waals surface area (Å²) in [4.78, 5) is 22.5. The molecule has 0 bridgehead atoms. The molecule has 1 aliphatic carbocycles. The highest BCUT2D eigenvalue weighted by Crippen LogP contribution is 2.44. The molecular weight excluding hydrogens is 574 g/mol. The van der Waals surface area contributed by atoms with Crippen molar-refractivity contribution in [1.29, 1.82) is 0 Å². The van der Waals surface area contributed by atoms with Crippen LogP contribution >= 0.6 is 0 Å². The number of hydrogen-bond donors (Lipinski definition) is 2. The van der Waals surface area contributed by atoms with Crippen LogP contribution in [0.4, 0.5) is 4.79 Å². The van der Waals surface area contributed by atoms with Crippen LogP contribution < -0.4 is 5.32 Å². The van der Waals surface area contributed by atoms with Gasteiger partial charge in [0.2, 0.25) is 0 Å². The Kier molecular flexibility index (Phi) is 18.0. The molecule has 44 heavy (non-hydrogen) atoms. The lowest BCUT2D eigenvalue weighted by molar-refractivity contribution is -0.138. The quantitative estimate of drug-likeness (QED) is 0.150. The number of rotatable bonds is 26. The van der Waals surface area contributed by atoms with Crippen LogP contribution in [0.1, 0.15) is 23.5 Å². The van der Waals surface area contributed by atoms with Gasteiger partial charge in [-0.2, -0.15) is 0 Å². The molecular formula is C32H45NO11. The van der Waals surface area contributed by atoms with Crippen molar-refractivity contribution in [2.75, 3.05) is 106 Å². The number of hydrogen-bond acceptors (Lipinski definition) is 10. The van der Waals surface area contributed by atoms with E-state index in [1.54, 1.807) is 0 Å². The lowest BCUT2D eigenvalue weighted by Crippen LogP contribution is -2.29. The highest BCUT2D eigenvalue weighted by molar-refractivity contribution is 5.79. The number of nitrogens with one attached hydrogen (secondary N) is 1. The molecule has 1 amide bonds. The van der Waals surface area contributed by atoms with E-state index in [0.717, 1.165) is 0 Å². The summed E-state index contributed by atoms with van der Waals surface area (Å²) in [5.41, 5.74) is 4.76. The zero-order valence-corrected chi connectivity index (χ0v) is 25.2. The van der Waals surface area contributed by atoms with E-state index in [4.69, 9.17) is 43.0 Å². The molecule has 3 rings (SSSR count). The predicted molar refractivity (Wildman–Crippen MR) is 161 cm³/mol. The number of alkyl carbamates (subject to hydrolysis) is 1. The number of carboxylic acid groups (broad SMARTS) is 1. The van der Waals surface area contributed by atoms with E-state index in [-0.39, 0.29) is 25.6 Å². The van der Waals surface area contributed by atoms with Gasteiger partial charge in [0, 0.05) is 12.5 Å². The van der Waals surface area contributed by atoms with Crippen molar-refractivity contribution in [1.82, 2.24) is 5.32 Å². The van der Waals surface area contributed by atoms with Gasteiger partial charge in [0.15, 0.2) is 0 Å². The van der Waals surface area contributed by atoms with Gasteiger partial charge in [-0.3, -0.25) is 4.79 Å². The van der Waals surface area contributed by atoms with Crippen molar-refractivity contribution in [3.8, 4) is 11.1 Å². The van der Waals surface area contributed by atoms with Crippen molar-refractivity contribution in [2.24, 2.45) is 0 Å². The topological polar surface area (TPSA) is 140 Å². The summed E-state index contributed by atoms with van der Waals surface area (Å²) < 4.78 is 43.2. The number of ether oxygens (including phenoxy) is 8. The molecule has 0 heterocycles. The second-order valence-electron chi connectivity index (χ2n) is 9.68. The fourth-order valence-corrected chi connectivity index (χ4v) is 4.46. The Bertz CT molecular complexity index is 1040. The van der Waals surface area contributed by atoms with E-state index in [0.29, 0.717) is 92.4 Å². The van der Waals surface area contributed by atoms with Crippen LogP contribution in [0.25, 0.3) is 11.1 Å². The maximum Gasteiger partial charge on any atom is 0.407 e. The van der Waals surface area contributed by atoms with Gasteiger partial charge in [0.25, 0.3) is 0 Å². The minimum absolute atomic E-state index is 0.00655. The van der Waals surface area contributed by atoms with Crippen molar-refractivity contribution >= 4 is 12.1 Å². The molecule has 12 nitrogen and oxygen atoms in total. The largest absolute Gasteiger partial charge is 0.481 e. The molecule has 0 saturated carbocycles. The molecule has 2 aromatic rings. The summed E-state index contributed by atoms with van der Waals surface area (Å²) in [5, 5.41) is 11.2. The van der Waals surface area contributed by atoms with Gasteiger partial charge in [-0.15, -0.1) is 0 Å². The molecule has 0 saturated heterocycles. The Balaban J connectivity index is 1.03. The third-order valence-corrected chi connectivity index (χ3v) is 6.55. The first-order chi connectivity index (χ1) is 21.7. The highest BCUT2D eigenvalue weighted by atomic mass is 16.6. The molecule has 0 spiro atoms. The predicted octanol–water partition coefficient (Wildman–Crippen LogP) is 3.12. The summed E-state index contributed by atoms with van der Waals surface area (Å²) in [7, 11) is 0. The van der Waals surface area contributed by atoms with Gasteiger partial charge < -0.3 is 48.3 Å². The summed E-state index contributed by atoms with van der Waals surface area (Å²) in [5.74, 6) is -0.843. The van der Waals surface area contributed by atoms with Crippen LogP contribution in [0.5, 0.6) is 0 Å². The van der Waals surface area contributed by atoms with Gasteiger partial charge in [-0.25, -0.2) is 4.79 Å². The zero-order chi connectivity index (χ0) is 31.1. The SMILES string of the molecule is O=C(O)CCOCCOCCOCCOCCOCCOCCOCCNC(=O)OCC1c2ccccc2-c2ccccc21. The third kappa shape index (κ3) is 14.1. The number of fused-ring (bicyclic) bond motifs is 3. The normalized spacial score (nSPS) is 12.2. The minimum Gasteiger partial charge on any atom is -0.481 e. The number of carbonyl (C=O) groups is 2. The van der Waals surface area contributed by atoms with Crippen LogP contribution in [-0.2, 0) is 42.7 Å². The van der Waals surface area contributed by atoms with Gasteiger partial charge in [0.1, 0.15) is 6.61 Å². The Labute approximate surface area is 258 Å². The van der Waals surface area contributed by atoms with E-state index in [1.807, 2.05) is 24.3 Å². The zero-order valence-electron chi connectivity index (χ0n) is 25.2. The lowest BCUT2D eigenvalue weighted by atomic mass is 9.98. The molecule has 0 unspecified atom stereocenters. The van der Waals surface area contributed by atoms with Crippen molar-refractivity contribution in [2.45, 2.75) is 12.3 Å². The number of carboxylic acids is 1. The molecule has 2 aromatic carbocycles. The van der Waals surface area contributed by atoms with Crippen molar-refractivity contribution < 1.29 is 52.6 Å². The second kappa shape index (κ2) is 22.4. The van der Waals surface area contributed by atoms with E-state index < -0.39 is 12.1 Å². The maximum atomic E-state index is 12.2. The van der Waals surface area contributed by atoms with E-state index in [2.05, 4.69) is 29.6 Å². The minimum atomic E-state index is -0.878. The van der Waals surface area contributed by atoms with Gasteiger partial charge in [-0.1, -0.05) is 48.5 Å². The molecule has 244 valence electrons. The van der Waals surface area contributed by atoms with E-state index in [1.165, 1.54) is 22.3 Å². The summed E-state index contributed by atoms with van der Waals surface area (Å²) in [6, 6.07) is 16.5. The Morgan fingerprint density at radius 1 is 0.568 bits per heavy atom. The fourth-order valence-electron chi connectivity index (χ4n) is 4.46. The lowest BCUT2D eigenvalue weighted by Gasteiger charge is -2.14. The molecule has 0 aliphatic heterocycles. The summed E-state index contributed by atoms with van der Waals surface area (Å²) in [6.45, 7) is 6.46. The molecule has 2 N–H and O–H groups in total. The van der Waals surface area contributed by atoms with Crippen LogP contribution in [-0.4, -0.2) is 123 Å². The van der Waals surface area contributed by atoms with Crippen LogP contribution in [0, 0.1) is 0 Å². The van der Waals surface area contributed by atoms with Crippen LogP contribution in [0.15, 0.2) is 48.5 Å². The number of amides is 1. The van der Waals surface area contributed by atoms with E-state index >= 15 is 0 Å². The van der Waals surface area contributed by atoms with Crippen molar-refractivity contribution in [3.05, 3.63) is 59.7 Å². The first kappa shape index (κ1) is 35.4. The smallest absolute Gasteiger partial charge is 0.407 e. The Morgan fingerprint density at radius 3 is 1.39 bits per heavy atom. The molecule has 0 atom stereocenters. The molecule has 0 radical (unpaired) electrons. The average molecular weight is 620 g/mol. The first-order valence-electron chi connectivity index (χ1n) is 15.0. The number of aliphatic carboxylic acids is 1. The fraction of sp³-hybridized carbons (Fsp3) is 0.562. The second-order valence-corrected chi connectivity index (χ2v) is 9.68. The number of benzene rings is 2. The van der Waals surface area contributed by atoms with Gasteiger partial charge in [-0.05, 0) is 22.3 Å².